The molecule has 0 saturated carbocycles. The van der Waals surface area contributed by atoms with Crippen LogP contribution in [0.2, 0.25) is 0 Å². The highest BCUT2D eigenvalue weighted by Crippen LogP contribution is 1.99. The summed E-state index contributed by atoms with van der Waals surface area (Å²) in [5.74, 6) is 0.437. The number of anilines is 1. The summed E-state index contributed by atoms with van der Waals surface area (Å²) >= 11 is 0. The number of nitrogen functional groups attached to an aromatic ring is 1. The van der Waals surface area contributed by atoms with Crippen LogP contribution in [0.25, 0.3) is 0 Å². The topological polar surface area (TPSA) is 77.0 Å². The van der Waals surface area contributed by atoms with E-state index in [-0.39, 0.29) is 6.10 Å². The highest BCUT2D eigenvalue weighted by molar-refractivity contribution is 5.19. The molecule has 0 aliphatic heterocycles. The third-order valence-electron chi connectivity index (χ3n) is 1.57. The van der Waals surface area contributed by atoms with Crippen LogP contribution in [0.15, 0.2) is 6.20 Å². The van der Waals surface area contributed by atoms with Crippen molar-refractivity contribution in [1.29, 1.82) is 0 Å². The number of rotatable bonds is 4. The molecular formula is C7H14N4O. The number of aromatic nitrogens is 3. The summed E-state index contributed by atoms with van der Waals surface area (Å²) in [6, 6.07) is 0. The number of aliphatic hydroxyl groups is 1. The zero-order valence-corrected chi connectivity index (χ0v) is 7.14. The molecule has 1 aromatic heterocycles. The first-order chi connectivity index (χ1) is 5.68. The van der Waals surface area contributed by atoms with Crippen molar-refractivity contribution in [2.24, 2.45) is 0 Å². The van der Waals surface area contributed by atoms with Crippen molar-refractivity contribution in [3.05, 3.63) is 6.20 Å². The summed E-state index contributed by atoms with van der Waals surface area (Å²) in [6.07, 6.45) is 3.10. The minimum absolute atomic E-state index is 0.245. The fourth-order valence-electron chi connectivity index (χ4n) is 0.971. The Hall–Kier alpha value is -1.10. The molecule has 12 heavy (non-hydrogen) atoms. The van der Waals surface area contributed by atoms with Crippen molar-refractivity contribution >= 4 is 5.82 Å². The zero-order valence-electron chi connectivity index (χ0n) is 7.14. The van der Waals surface area contributed by atoms with Gasteiger partial charge in [-0.25, -0.2) is 0 Å². The Balaban J connectivity index is 2.24. The number of hydrogen-bond donors (Lipinski definition) is 2. The van der Waals surface area contributed by atoms with Crippen LogP contribution in [-0.2, 0) is 6.54 Å². The fourth-order valence-corrected chi connectivity index (χ4v) is 0.971. The van der Waals surface area contributed by atoms with E-state index in [0.717, 1.165) is 19.4 Å². The molecule has 1 aromatic rings. The van der Waals surface area contributed by atoms with E-state index in [0.29, 0.717) is 5.82 Å². The molecule has 0 aliphatic carbocycles. The van der Waals surface area contributed by atoms with Crippen LogP contribution in [0.4, 0.5) is 5.82 Å². The summed E-state index contributed by atoms with van der Waals surface area (Å²) in [5, 5.41) is 16.4. The lowest BCUT2D eigenvalue weighted by Crippen LogP contribution is -2.04. The van der Waals surface area contributed by atoms with Gasteiger partial charge in [0.1, 0.15) is 0 Å². The molecule has 0 fully saturated rings. The van der Waals surface area contributed by atoms with E-state index in [1.54, 1.807) is 17.8 Å². The van der Waals surface area contributed by atoms with E-state index >= 15 is 0 Å². The van der Waals surface area contributed by atoms with Crippen molar-refractivity contribution in [3.63, 3.8) is 0 Å². The number of aryl methyl sites for hydroxylation is 1. The Morgan fingerprint density at radius 2 is 2.50 bits per heavy atom. The summed E-state index contributed by atoms with van der Waals surface area (Å²) in [5.41, 5.74) is 5.37. The molecule has 1 rings (SSSR count). The van der Waals surface area contributed by atoms with Gasteiger partial charge in [-0.1, -0.05) is 5.21 Å². The summed E-state index contributed by atoms with van der Waals surface area (Å²) < 4.78 is 1.68. The van der Waals surface area contributed by atoms with E-state index in [1.165, 1.54) is 0 Å². The highest BCUT2D eigenvalue weighted by atomic mass is 16.3. The first-order valence-corrected chi connectivity index (χ1v) is 4.02. The first-order valence-electron chi connectivity index (χ1n) is 4.02. The van der Waals surface area contributed by atoms with E-state index < -0.39 is 0 Å². The van der Waals surface area contributed by atoms with Crippen LogP contribution in [0.1, 0.15) is 19.8 Å². The van der Waals surface area contributed by atoms with Gasteiger partial charge in [0.25, 0.3) is 0 Å². The lowest BCUT2D eigenvalue weighted by molar-refractivity contribution is 0.179. The maximum absolute atomic E-state index is 8.97. The van der Waals surface area contributed by atoms with Gasteiger partial charge >= 0.3 is 0 Å². The van der Waals surface area contributed by atoms with Gasteiger partial charge in [0.15, 0.2) is 5.82 Å². The minimum atomic E-state index is -0.245. The van der Waals surface area contributed by atoms with Crippen LogP contribution in [-0.4, -0.2) is 26.2 Å². The Morgan fingerprint density at radius 1 is 1.75 bits per heavy atom. The molecule has 1 atom stereocenters. The number of nitrogens with zero attached hydrogens (tertiary/aromatic N) is 3. The SMILES string of the molecule is CC(O)CCCn1cc(N)nn1. The molecule has 0 radical (unpaired) electrons. The fraction of sp³-hybridized carbons (Fsp3) is 0.714. The van der Waals surface area contributed by atoms with Crippen LogP contribution >= 0.6 is 0 Å². The molecule has 68 valence electrons. The van der Waals surface area contributed by atoms with E-state index in [2.05, 4.69) is 10.3 Å². The third-order valence-corrected chi connectivity index (χ3v) is 1.57. The summed E-state index contributed by atoms with van der Waals surface area (Å²) in [4.78, 5) is 0. The Morgan fingerprint density at radius 3 is 3.00 bits per heavy atom. The Bertz CT molecular complexity index is 233. The van der Waals surface area contributed by atoms with Crippen molar-refractivity contribution in [1.82, 2.24) is 15.0 Å². The lowest BCUT2D eigenvalue weighted by atomic mass is 10.2. The van der Waals surface area contributed by atoms with Gasteiger partial charge in [0, 0.05) is 6.54 Å². The second kappa shape index (κ2) is 4.06. The average molecular weight is 170 g/mol. The van der Waals surface area contributed by atoms with Gasteiger partial charge in [-0.15, -0.1) is 5.10 Å². The molecule has 0 aliphatic rings. The van der Waals surface area contributed by atoms with Crippen molar-refractivity contribution in [2.45, 2.75) is 32.4 Å². The molecule has 3 N–H and O–H groups in total. The molecule has 1 unspecified atom stereocenters. The molecule has 5 heteroatoms. The van der Waals surface area contributed by atoms with Gasteiger partial charge < -0.3 is 10.8 Å². The summed E-state index contributed by atoms with van der Waals surface area (Å²) in [6.45, 7) is 2.53. The van der Waals surface area contributed by atoms with Gasteiger partial charge in [0.05, 0.1) is 12.3 Å². The predicted octanol–water partition coefficient (Wildman–Crippen LogP) is 0.0213. The van der Waals surface area contributed by atoms with Crippen LogP contribution in [0.5, 0.6) is 0 Å². The maximum Gasteiger partial charge on any atom is 0.165 e. The molecule has 0 amide bonds. The molecular weight excluding hydrogens is 156 g/mol. The monoisotopic (exact) mass is 170 g/mol. The minimum Gasteiger partial charge on any atom is -0.393 e. The summed E-state index contributed by atoms with van der Waals surface area (Å²) in [7, 11) is 0. The first kappa shape index (κ1) is 8.99. The molecule has 1 heterocycles. The average Bonchev–Trinajstić information content (AvgIpc) is 2.35. The van der Waals surface area contributed by atoms with E-state index in [9.17, 15) is 0 Å². The Labute approximate surface area is 71.2 Å². The van der Waals surface area contributed by atoms with Gasteiger partial charge in [-0.2, -0.15) is 0 Å². The van der Waals surface area contributed by atoms with E-state index in [4.69, 9.17) is 10.8 Å². The quantitative estimate of drug-likeness (QED) is 0.668. The smallest absolute Gasteiger partial charge is 0.165 e. The molecule has 0 saturated heterocycles. The molecule has 0 bridgehead atoms. The second-order valence-electron chi connectivity index (χ2n) is 2.90. The molecule has 0 spiro atoms. The van der Waals surface area contributed by atoms with Crippen LogP contribution in [0.3, 0.4) is 0 Å². The van der Waals surface area contributed by atoms with E-state index in [1.807, 2.05) is 0 Å². The van der Waals surface area contributed by atoms with Gasteiger partial charge in [-0.3, -0.25) is 4.68 Å². The van der Waals surface area contributed by atoms with Crippen molar-refractivity contribution < 1.29 is 5.11 Å². The van der Waals surface area contributed by atoms with Crippen LogP contribution < -0.4 is 5.73 Å². The second-order valence-corrected chi connectivity index (χ2v) is 2.90. The maximum atomic E-state index is 8.97. The molecule has 5 nitrogen and oxygen atoms in total. The highest BCUT2D eigenvalue weighted by Gasteiger charge is 1.98. The number of nitrogens with two attached hydrogens (primary N) is 1. The molecule has 0 aromatic carbocycles. The van der Waals surface area contributed by atoms with Crippen molar-refractivity contribution in [3.8, 4) is 0 Å². The zero-order chi connectivity index (χ0) is 8.97. The number of hydrogen-bond acceptors (Lipinski definition) is 4. The van der Waals surface area contributed by atoms with Crippen molar-refractivity contribution in [2.75, 3.05) is 5.73 Å². The third kappa shape index (κ3) is 2.87. The standard InChI is InChI=1S/C7H14N4O/c1-6(12)3-2-4-11-5-7(8)9-10-11/h5-6,12H,2-4,8H2,1H3. The number of aliphatic hydroxyl groups excluding tert-OH is 1. The van der Waals surface area contributed by atoms with Gasteiger partial charge in [0.2, 0.25) is 0 Å². The normalized spacial score (nSPS) is 13.2. The predicted molar refractivity (Wildman–Crippen MR) is 45.3 cm³/mol. The lowest BCUT2D eigenvalue weighted by Gasteiger charge is -2.02. The largest absolute Gasteiger partial charge is 0.393 e. The van der Waals surface area contributed by atoms with Gasteiger partial charge in [-0.05, 0) is 19.8 Å². The van der Waals surface area contributed by atoms with Crippen LogP contribution in [0, 0.1) is 0 Å². The Kier molecular flexibility index (Phi) is 3.04.